The zero-order chi connectivity index (χ0) is 11.2. The van der Waals surface area contributed by atoms with Crippen LogP contribution in [0.1, 0.15) is 11.1 Å². The van der Waals surface area contributed by atoms with Gasteiger partial charge in [0.2, 0.25) is 6.08 Å². The first-order chi connectivity index (χ1) is 7.88. The topological polar surface area (TPSA) is 42.3 Å². The third kappa shape index (κ3) is 2.62. The summed E-state index contributed by atoms with van der Waals surface area (Å²) in [4.78, 5) is 17.6. The maximum Gasteiger partial charge on any atom is 0.240 e. The summed E-state index contributed by atoms with van der Waals surface area (Å²) in [6.45, 7) is 0. The van der Waals surface area contributed by atoms with E-state index in [1.165, 1.54) is 17.2 Å². The molecule has 1 heterocycles. The van der Waals surface area contributed by atoms with Gasteiger partial charge in [0.25, 0.3) is 0 Å². The zero-order valence-electron chi connectivity index (χ0n) is 8.63. The van der Waals surface area contributed by atoms with E-state index in [0.717, 1.165) is 6.42 Å². The summed E-state index contributed by atoms with van der Waals surface area (Å²) in [6.07, 6.45) is 5.93. The lowest BCUT2D eigenvalue weighted by Crippen LogP contribution is -1.87. The van der Waals surface area contributed by atoms with Crippen molar-refractivity contribution in [3.63, 3.8) is 0 Å². The molecule has 0 aliphatic rings. The maximum atomic E-state index is 10.1. The van der Waals surface area contributed by atoms with Gasteiger partial charge < -0.3 is 0 Å². The van der Waals surface area contributed by atoms with Crippen molar-refractivity contribution in [2.45, 2.75) is 6.42 Å². The Labute approximate surface area is 93.5 Å². The summed E-state index contributed by atoms with van der Waals surface area (Å²) < 4.78 is 0. The van der Waals surface area contributed by atoms with E-state index < -0.39 is 0 Å². The Morgan fingerprint density at radius 3 is 2.25 bits per heavy atom. The standard InChI is InChI=1S/C13H10N2O/c16-10-15-13-3-1-11(2-4-13)9-12-5-7-14-8-6-12/h1-8H,9H2. The van der Waals surface area contributed by atoms with Crippen LogP contribution in [0.4, 0.5) is 5.69 Å². The summed E-state index contributed by atoms with van der Waals surface area (Å²) in [5.74, 6) is 0. The van der Waals surface area contributed by atoms with E-state index in [1.807, 2.05) is 24.3 Å². The van der Waals surface area contributed by atoms with Crippen molar-refractivity contribution in [3.05, 3.63) is 59.9 Å². The van der Waals surface area contributed by atoms with Gasteiger partial charge in [-0.3, -0.25) is 4.98 Å². The van der Waals surface area contributed by atoms with E-state index in [1.54, 1.807) is 24.5 Å². The third-order valence-corrected chi connectivity index (χ3v) is 2.27. The van der Waals surface area contributed by atoms with E-state index in [4.69, 9.17) is 0 Å². The molecule has 0 saturated carbocycles. The second-order valence-corrected chi connectivity index (χ2v) is 3.40. The van der Waals surface area contributed by atoms with Gasteiger partial charge in [0.1, 0.15) is 0 Å². The Hall–Kier alpha value is -2.25. The normalized spacial score (nSPS) is 9.50. The van der Waals surface area contributed by atoms with Gasteiger partial charge in [0.05, 0.1) is 5.69 Å². The lowest BCUT2D eigenvalue weighted by Gasteiger charge is -2.01. The van der Waals surface area contributed by atoms with Crippen LogP contribution in [0, 0.1) is 0 Å². The van der Waals surface area contributed by atoms with Crippen LogP contribution < -0.4 is 0 Å². The average molecular weight is 210 g/mol. The van der Waals surface area contributed by atoms with Gasteiger partial charge in [-0.15, -0.1) is 0 Å². The number of aliphatic imine (C=N–C) groups is 1. The van der Waals surface area contributed by atoms with Gasteiger partial charge >= 0.3 is 0 Å². The van der Waals surface area contributed by atoms with Gasteiger partial charge in [-0.25, -0.2) is 4.79 Å². The molecule has 0 aliphatic carbocycles. The molecule has 1 aromatic carbocycles. The van der Waals surface area contributed by atoms with Crippen molar-refractivity contribution in [1.29, 1.82) is 0 Å². The fourth-order valence-electron chi connectivity index (χ4n) is 1.48. The van der Waals surface area contributed by atoms with Crippen molar-refractivity contribution in [3.8, 4) is 0 Å². The largest absolute Gasteiger partial charge is 0.265 e. The molecule has 16 heavy (non-hydrogen) atoms. The van der Waals surface area contributed by atoms with Gasteiger partial charge in [-0.1, -0.05) is 12.1 Å². The molecule has 2 aromatic rings. The lowest BCUT2D eigenvalue weighted by molar-refractivity contribution is 0.565. The van der Waals surface area contributed by atoms with Crippen LogP contribution in [-0.4, -0.2) is 11.1 Å². The molecule has 0 bridgehead atoms. The van der Waals surface area contributed by atoms with Crippen molar-refractivity contribution in [1.82, 2.24) is 4.98 Å². The maximum absolute atomic E-state index is 10.1. The van der Waals surface area contributed by atoms with Crippen LogP contribution >= 0.6 is 0 Å². The quantitative estimate of drug-likeness (QED) is 0.577. The summed E-state index contributed by atoms with van der Waals surface area (Å²) in [5, 5.41) is 0. The summed E-state index contributed by atoms with van der Waals surface area (Å²) in [5.41, 5.74) is 3.02. The number of benzene rings is 1. The van der Waals surface area contributed by atoms with E-state index in [0.29, 0.717) is 5.69 Å². The van der Waals surface area contributed by atoms with Gasteiger partial charge in [0.15, 0.2) is 0 Å². The predicted molar refractivity (Wildman–Crippen MR) is 61.3 cm³/mol. The molecular weight excluding hydrogens is 200 g/mol. The number of nitrogens with zero attached hydrogens (tertiary/aromatic N) is 2. The van der Waals surface area contributed by atoms with Crippen LogP contribution in [0.3, 0.4) is 0 Å². The molecule has 0 amide bonds. The van der Waals surface area contributed by atoms with Crippen LogP contribution in [0.5, 0.6) is 0 Å². The molecule has 3 heteroatoms. The number of hydrogen-bond donors (Lipinski definition) is 0. The molecule has 1 aromatic heterocycles. The van der Waals surface area contributed by atoms with E-state index >= 15 is 0 Å². The second-order valence-electron chi connectivity index (χ2n) is 3.40. The molecule has 2 rings (SSSR count). The zero-order valence-corrected chi connectivity index (χ0v) is 8.63. The fourth-order valence-corrected chi connectivity index (χ4v) is 1.48. The summed E-state index contributed by atoms with van der Waals surface area (Å²) in [7, 11) is 0. The van der Waals surface area contributed by atoms with E-state index in [2.05, 4.69) is 9.98 Å². The molecule has 78 valence electrons. The SMILES string of the molecule is O=C=Nc1ccc(Cc2ccncc2)cc1. The van der Waals surface area contributed by atoms with E-state index in [-0.39, 0.29) is 0 Å². The smallest absolute Gasteiger partial charge is 0.240 e. The highest BCUT2D eigenvalue weighted by atomic mass is 16.1. The first kappa shape index (κ1) is 10.3. The number of pyridine rings is 1. The molecule has 0 N–H and O–H groups in total. The molecule has 0 aliphatic heterocycles. The fraction of sp³-hybridized carbons (Fsp3) is 0.0769. The van der Waals surface area contributed by atoms with Crippen LogP contribution in [0.15, 0.2) is 53.8 Å². The number of aromatic nitrogens is 1. The Morgan fingerprint density at radius 1 is 1.00 bits per heavy atom. The third-order valence-electron chi connectivity index (χ3n) is 2.27. The van der Waals surface area contributed by atoms with E-state index in [9.17, 15) is 4.79 Å². The Morgan fingerprint density at radius 2 is 1.62 bits per heavy atom. The molecule has 3 nitrogen and oxygen atoms in total. The predicted octanol–water partition coefficient (Wildman–Crippen LogP) is 2.64. The van der Waals surface area contributed by atoms with Crippen molar-refractivity contribution in [2.24, 2.45) is 4.99 Å². The molecular formula is C13H10N2O. The Balaban J connectivity index is 2.14. The highest BCUT2D eigenvalue weighted by Gasteiger charge is 1.96. The number of rotatable bonds is 3. The minimum Gasteiger partial charge on any atom is -0.265 e. The number of hydrogen-bond acceptors (Lipinski definition) is 3. The molecule has 0 fully saturated rings. The highest BCUT2D eigenvalue weighted by molar-refractivity contribution is 5.49. The van der Waals surface area contributed by atoms with Gasteiger partial charge in [-0.2, -0.15) is 4.99 Å². The Kier molecular flexibility index (Phi) is 3.22. The van der Waals surface area contributed by atoms with Crippen LogP contribution in [0.25, 0.3) is 0 Å². The van der Waals surface area contributed by atoms with Crippen LogP contribution in [-0.2, 0) is 11.2 Å². The van der Waals surface area contributed by atoms with Gasteiger partial charge in [0, 0.05) is 12.4 Å². The highest BCUT2D eigenvalue weighted by Crippen LogP contribution is 2.14. The minimum absolute atomic E-state index is 0.633. The van der Waals surface area contributed by atoms with Crippen molar-refractivity contribution >= 4 is 11.8 Å². The first-order valence-electron chi connectivity index (χ1n) is 4.94. The Bertz CT molecular complexity index is 499. The summed E-state index contributed by atoms with van der Waals surface area (Å²) in [6, 6.07) is 11.5. The number of carbonyl (C=O) groups excluding carboxylic acids is 1. The van der Waals surface area contributed by atoms with Crippen molar-refractivity contribution in [2.75, 3.05) is 0 Å². The molecule has 0 radical (unpaired) electrons. The average Bonchev–Trinajstić information content (AvgIpc) is 2.33. The molecule has 0 unspecified atom stereocenters. The number of isocyanates is 1. The molecule has 0 saturated heterocycles. The molecule has 0 spiro atoms. The van der Waals surface area contributed by atoms with Gasteiger partial charge in [-0.05, 0) is 41.8 Å². The first-order valence-corrected chi connectivity index (χ1v) is 4.94. The summed E-state index contributed by atoms with van der Waals surface area (Å²) >= 11 is 0. The second kappa shape index (κ2) is 5.01. The lowest BCUT2D eigenvalue weighted by atomic mass is 10.1. The van der Waals surface area contributed by atoms with Crippen molar-refractivity contribution < 1.29 is 4.79 Å². The van der Waals surface area contributed by atoms with Crippen LogP contribution in [0.2, 0.25) is 0 Å². The minimum atomic E-state index is 0.633. The molecule has 0 atom stereocenters. The monoisotopic (exact) mass is 210 g/mol.